The van der Waals surface area contributed by atoms with Gasteiger partial charge < -0.3 is 24.4 Å². The smallest absolute Gasteiger partial charge is 0.416 e. The molecule has 0 saturated carbocycles. The summed E-state index contributed by atoms with van der Waals surface area (Å²) in [6, 6.07) is 18.5. The lowest BCUT2D eigenvalue weighted by Gasteiger charge is -2.18. The molecule has 1 N–H and O–H groups in total. The molecule has 4 aromatic rings. The molecule has 11 heteroatoms. The first-order valence-corrected chi connectivity index (χ1v) is 15.5. The van der Waals surface area contributed by atoms with Crippen molar-refractivity contribution < 1.29 is 32.2 Å². The van der Waals surface area contributed by atoms with Crippen LogP contribution < -0.4 is 19.5 Å². The van der Waals surface area contributed by atoms with Gasteiger partial charge in [-0.2, -0.15) is 18.3 Å². The molecule has 0 unspecified atom stereocenters. The number of carbonyl (C=O) groups is 1. The molecule has 46 heavy (non-hydrogen) atoms. The summed E-state index contributed by atoms with van der Waals surface area (Å²) in [5, 5.41) is 7.46. The van der Waals surface area contributed by atoms with Gasteiger partial charge in [0.05, 0.1) is 30.2 Å². The third-order valence-corrected chi connectivity index (χ3v) is 7.42. The van der Waals surface area contributed by atoms with Gasteiger partial charge in [0.25, 0.3) is 5.91 Å². The summed E-state index contributed by atoms with van der Waals surface area (Å²) in [4.78, 5) is 15.7. The number of hydrogen-bond acceptors (Lipinski definition) is 6. The van der Waals surface area contributed by atoms with Gasteiger partial charge in [0, 0.05) is 25.2 Å². The van der Waals surface area contributed by atoms with E-state index in [0.29, 0.717) is 47.5 Å². The molecule has 0 aliphatic rings. The molecule has 0 bridgehead atoms. The van der Waals surface area contributed by atoms with Crippen molar-refractivity contribution in [3.8, 4) is 34.3 Å². The fraction of sp³-hybridized carbons (Fsp3) is 0.371. The van der Waals surface area contributed by atoms with Crippen LogP contribution in [0.1, 0.15) is 56.1 Å². The third-order valence-electron chi connectivity index (χ3n) is 7.42. The maximum atomic E-state index is 13.4. The van der Waals surface area contributed by atoms with E-state index in [-0.39, 0.29) is 11.7 Å². The number of aromatic nitrogens is 2. The maximum absolute atomic E-state index is 13.4. The van der Waals surface area contributed by atoms with E-state index in [1.165, 1.54) is 16.8 Å². The van der Waals surface area contributed by atoms with Crippen LogP contribution in [-0.2, 0) is 13.2 Å². The number of unbranched alkanes of at least 4 members (excludes halogenated alkanes) is 1. The number of ether oxygens (including phenoxy) is 3. The van der Waals surface area contributed by atoms with Gasteiger partial charge in [-0.15, -0.1) is 0 Å². The van der Waals surface area contributed by atoms with Gasteiger partial charge in [-0.25, -0.2) is 0 Å². The van der Waals surface area contributed by atoms with Crippen molar-refractivity contribution in [1.82, 2.24) is 14.7 Å². The quantitative estimate of drug-likeness (QED) is 0.124. The summed E-state index contributed by atoms with van der Waals surface area (Å²) in [6.45, 7) is 10.5. The summed E-state index contributed by atoms with van der Waals surface area (Å²) in [5.41, 5.74) is 1.44. The zero-order valence-corrected chi connectivity index (χ0v) is 26.7. The average Bonchev–Trinajstić information content (AvgIpc) is 3.44. The molecule has 0 radical (unpaired) electrons. The Hall–Kier alpha value is -4.51. The second kappa shape index (κ2) is 16.2. The summed E-state index contributed by atoms with van der Waals surface area (Å²) < 4.78 is 57.7. The van der Waals surface area contributed by atoms with Gasteiger partial charge in [0.2, 0.25) is 0 Å². The predicted octanol–water partition coefficient (Wildman–Crippen LogP) is 8.44. The standard InChI is InChI=1S/C35H41F3N4O4/c1-5-8-21-45-33-23-29(44-22-9-20-42(6-2)7-3)18-19-30(33)39-34(43)32-24-31(40-41(32)4)25-10-14-27(15-11-25)46-28-16-12-26(13-17-28)35(36,37)38/h10-19,23-24H,5-9,20-22H2,1-4H3,(H,39,43). The van der Waals surface area contributed by atoms with Gasteiger partial charge >= 0.3 is 6.18 Å². The highest BCUT2D eigenvalue weighted by Crippen LogP contribution is 2.33. The Morgan fingerprint density at radius 2 is 1.48 bits per heavy atom. The van der Waals surface area contributed by atoms with Crippen molar-refractivity contribution in [3.63, 3.8) is 0 Å². The second-order valence-electron chi connectivity index (χ2n) is 10.7. The van der Waals surface area contributed by atoms with E-state index in [9.17, 15) is 18.0 Å². The number of rotatable bonds is 16. The van der Waals surface area contributed by atoms with E-state index in [1.54, 1.807) is 43.4 Å². The number of anilines is 1. The van der Waals surface area contributed by atoms with E-state index >= 15 is 0 Å². The van der Waals surface area contributed by atoms with Crippen LogP contribution in [0.2, 0.25) is 0 Å². The number of hydrogen-bond donors (Lipinski definition) is 1. The zero-order valence-electron chi connectivity index (χ0n) is 26.7. The van der Waals surface area contributed by atoms with Crippen molar-refractivity contribution in [2.24, 2.45) is 7.05 Å². The molecule has 0 atom stereocenters. The number of amides is 1. The van der Waals surface area contributed by atoms with Crippen molar-refractivity contribution in [3.05, 3.63) is 84.1 Å². The Morgan fingerprint density at radius 1 is 0.848 bits per heavy atom. The van der Waals surface area contributed by atoms with Crippen LogP contribution in [0.4, 0.5) is 18.9 Å². The third kappa shape index (κ3) is 9.50. The van der Waals surface area contributed by atoms with E-state index in [1.807, 2.05) is 12.1 Å². The SMILES string of the molecule is CCCCOc1cc(OCCCN(CC)CC)ccc1NC(=O)c1cc(-c2ccc(Oc3ccc(C(F)(F)F)cc3)cc2)nn1C. The monoisotopic (exact) mass is 638 g/mol. The molecule has 1 aromatic heterocycles. The molecule has 1 amide bonds. The molecular formula is C35H41F3N4O4. The van der Waals surface area contributed by atoms with Crippen LogP contribution in [-0.4, -0.2) is 53.4 Å². The highest BCUT2D eigenvalue weighted by molar-refractivity contribution is 6.04. The maximum Gasteiger partial charge on any atom is 0.416 e. The number of nitrogens with zero attached hydrogens (tertiary/aromatic N) is 3. The van der Waals surface area contributed by atoms with Crippen molar-refractivity contribution in [2.75, 3.05) is 38.2 Å². The number of carbonyl (C=O) groups excluding carboxylic acids is 1. The summed E-state index contributed by atoms with van der Waals surface area (Å²) in [5.74, 6) is 1.60. The van der Waals surface area contributed by atoms with Gasteiger partial charge in [-0.1, -0.05) is 27.2 Å². The largest absolute Gasteiger partial charge is 0.493 e. The summed E-state index contributed by atoms with van der Waals surface area (Å²) in [6.07, 6.45) is -1.65. The number of nitrogens with one attached hydrogen (secondary N) is 1. The Bertz CT molecular complexity index is 1550. The summed E-state index contributed by atoms with van der Waals surface area (Å²) in [7, 11) is 1.69. The fourth-order valence-electron chi connectivity index (χ4n) is 4.71. The molecule has 0 aliphatic carbocycles. The molecule has 0 aliphatic heterocycles. The van der Waals surface area contributed by atoms with Gasteiger partial charge in [0.15, 0.2) is 0 Å². The van der Waals surface area contributed by atoms with E-state index in [2.05, 4.69) is 36.1 Å². The van der Waals surface area contributed by atoms with E-state index in [0.717, 1.165) is 56.6 Å². The van der Waals surface area contributed by atoms with Gasteiger partial charge in [-0.3, -0.25) is 9.48 Å². The van der Waals surface area contributed by atoms with Crippen LogP contribution in [0.25, 0.3) is 11.3 Å². The summed E-state index contributed by atoms with van der Waals surface area (Å²) >= 11 is 0. The first kappa shape index (κ1) is 34.4. The number of halogens is 3. The van der Waals surface area contributed by atoms with Crippen molar-refractivity contribution in [1.29, 1.82) is 0 Å². The minimum Gasteiger partial charge on any atom is -0.493 e. The Morgan fingerprint density at radius 3 is 2.11 bits per heavy atom. The van der Waals surface area contributed by atoms with Crippen LogP contribution in [0, 0.1) is 0 Å². The Kier molecular flexibility index (Phi) is 12.1. The molecular weight excluding hydrogens is 597 g/mol. The minimum atomic E-state index is -4.41. The van der Waals surface area contributed by atoms with Gasteiger partial charge in [-0.05, 0) is 92.7 Å². The molecule has 8 nitrogen and oxygen atoms in total. The van der Waals surface area contributed by atoms with E-state index < -0.39 is 11.7 Å². The van der Waals surface area contributed by atoms with Crippen molar-refractivity contribution >= 4 is 11.6 Å². The molecule has 0 spiro atoms. The highest BCUT2D eigenvalue weighted by Gasteiger charge is 2.30. The molecule has 0 saturated heterocycles. The van der Waals surface area contributed by atoms with Crippen LogP contribution in [0.5, 0.6) is 23.0 Å². The first-order valence-electron chi connectivity index (χ1n) is 15.5. The molecule has 4 rings (SSSR count). The Labute approximate surface area is 268 Å². The Balaban J connectivity index is 1.41. The van der Waals surface area contributed by atoms with Crippen LogP contribution in [0.3, 0.4) is 0 Å². The lowest BCUT2D eigenvalue weighted by molar-refractivity contribution is -0.137. The molecule has 1 heterocycles. The zero-order chi connectivity index (χ0) is 33.1. The normalized spacial score (nSPS) is 11.5. The van der Waals surface area contributed by atoms with E-state index in [4.69, 9.17) is 14.2 Å². The molecule has 246 valence electrons. The number of benzene rings is 3. The number of aryl methyl sites for hydroxylation is 1. The number of alkyl halides is 3. The average molecular weight is 639 g/mol. The molecule has 0 fully saturated rings. The second-order valence-corrected chi connectivity index (χ2v) is 10.7. The van der Waals surface area contributed by atoms with Gasteiger partial charge in [0.1, 0.15) is 28.7 Å². The fourth-order valence-corrected chi connectivity index (χ4v) is 4.71. The minimum absolute atomic E-state index is 0.283. The van der Waals surface area contributed by atoms with Crippen molar-refractivity contribution in [2.45, 2.75) is 46.2 Å². The van der Waals surface area contributed by atoms with Crippen LogP contribution in [0.15, 0.2) is 72.8 Å². The first-order chi connectivity index (χ1) is 22.1. The lowest BCUT2D eigenvalue weighted by atomic mass is 10.1. The topological polar surface area (TPSA) is 77.8 Å². The lowest BCUT2D eigenvalue weighted by Crippen LogP contribution is -2.25. The molecule has 3 aromatic carbocycles. The van der Waals surface area contributed by atoms with Crippen LogP contribution >= 0.6 is 0 Å². The highest BCUT2D eigenvalue weighted by atomic mass is 19.4. The predicted molar refractivity (Wildman–Crippen MR) is 173 cm³/mol.